The van der Waals surface area contributed by atoms with Crippen molar-refractivity contribution in [1.29, 1.82) is 0 Å². The monoisotopic (exact) mass is 214 g/mol. The van der Waals surface area contributed by atoms with Crippen molar-refractivity contribution in [3.05, 3.63) is 36.0 Å². The zero-order valence-electron chi connectivity index (χ0n) is 10.7. The van der Waals surface area contributed by atoms with Crippen molar-refractivity contribution in [2.75, 3.05) is 0 Å². The summed E-state index contributed by atoms with van der Waals surface area (Å²) in [6.07, 6.45) is 9.82. The molecule has 2 atom stereocenters. The third-order valence-electron chi connectivity index (χ3n) is 3.22. The maximum Gasteiger partial charge on any atom is 0.00922 e. The fourth-order valence-electron chi connectivity index (χ4n) is 2.05. The van der Waals surface area contributed by atoms with Gasteiger partial charge in [0.05, 0.1) is 0 Å². The molecule has 1 unspecified atom stereocenters. The molecule has 0 radical (unpaired) electrons. The van der Waals surface area contributed by atoms with E-state index in [0.29, 0.717) is 11.8 Å². The van der Waals surface area contributed by atoms with E-state index in [1.165, 1.54) is 24.0 Å². The maximum atomic E-state index is 3.91. The second-order valence-electron chi connectivity index (χ2n) is 4.49. The first-order chi connectivity index (χ1) is 7.70. The average Bonchev–Trinajstić information content (AvgIpc) is 2.28. The Hall–Kier alpha value is -1.22. The Morgan fingerprint density at radius 2 is 2.19 bits per heavy atom. The van der Waals surface area contributed by atoms with E-state index in [0.717, 1.165) is 6.42 Å². The topological polar surface area (TPSA) is 0 Å². The first-order valence-electron chi connectivity index (χ1n) is 6.20. The quantitative estimate of drug-likeness (QED) is 0.368. The lowest BCUT2D eigenvalue weighted by molar-refractivity contribution is 0.558. The van der Waals surface area contributed by atoms with Gasteiger partial charge in [-0.3, -0.25) is 0 Å². The minimum atomic E-state index is 0.459. The zero-order valence-corrected chi connectivity index (χ0v) is 10.7. The first kappa shape index (κ1) is 12.8. The maximum absolute atomic E-state index is 3.91. The molecule has 0 heterocycles. The fourth-order valence-corrected chi connectivity index (χ4v) is 2.05. The highest BCUT2D eigenvalue weighted by Gasteiger charge is 2.21. The molecular formula is C16H22. The number of hydrogen-bond acceptors (Lipinski definition) is 0. The average molecular weight is 214 g/mol. The molecule has 1 rings (SSSR count). The smallest absolute Gasteiger partial charge is 0.00922 e. The van der Waals surface area contributed by atoms with Crippen LogP contribution in [0.15, 0.2) is 36.0 Å². The summed E-state index contributed by atoms with van der Waals surface area (Å²) >= 11 is 0. The highest BCUT2D eigenvalue weighted by molar-refractivity contribution is 5.40. The number of unbranched alkanes of at least 4 members (excludes halogenated alkanes) is 2. The van der Waals surface area contributed by atoms with E-state index < -0.39 is 0 Å². The molecule has 0 fully saturated rings. The highest BCUT2D eigenvalue weighted by atomic mass is 14.2. The Balaban J connectivity index is 2.73. The van der Waals surface area contributed by atoms with Gasteiger partial charge in [-0.2, -0.15) is 0 Å². The molecule has 0 aromatic carbocycles. The van der Waals surface area contributed by atoms with Crippen LogP contribution in [0.3, 0.4) is 0 Å². The van der Waals surface area contributed by atoms with Crippen LogP contribution in [-0.2, 0) is 0 Å². The molecule has 0 saturated heterocycles. The van der Waals surface area contributed by atoms with Gasteiger partial charge < -0.3 is 0 Å². The van der Waals surface area contributed by atoms with Gasteiger partial charge in [-0.1, -0.05) is 55.9 Å². The summed E-state index contributed by atoms with van der Waals surface area (Å²) in [5, 5.41) is 0. The Morgan fingerprint density at radius 3 is 2.81 bits per heavy atom. The van der Waals surface area contributed by atoms with Crippen molar-refractivity contribution in [2.45, 2.75) is 40.0 Å². The van der Waals surface area contributed by atoms with Crippen LogP contribution in [0.2, 0.25) is 0 Å². The third-order valence-corrected chi connectivity index (χ3v) is 3.22. The van der Waals surface area contributed by atoms with Crippen LogP contribution in [0, 0.1) is 23.7 Å². The number of hydrogen-bond donors (Lipinski definition) is 0. The van der Waals surface area contributed by atoms with Crippen LogP contribution < -0.4 is 0 Å². The molecule has 0 amide bonds. The molecule has 1 aliphatic rings. The molecule has 86 valence electrons. The molecule has 0 bridgehead atoms. The van der Waals surface area contributed by atoms with Crippen molar-refractivity contribution in [3.8, 4) is 11.8 Å². The predicted octanol–water partition coefficient (Wildman–Crippen LogP) is 4.50. The minimum Gasteiger partial charge on any atom is -0.102 e. The van der Waals surface area contributed by atoms with E-state index in [9.17, 15) is 0 Å². The summed E-state index contributed by atoms with van der Waals surface area (Å²) in [4.78, 5) is 0. The van der Waals surface area contributed by atoms with Crippen molar-refractivity contribution < 1.29 is 0 Å². The van der Waals surface area contributed by atoms with Crippen LogP contribution in [0.5, 0.6) is 0 Å². The summed E-state index contributed by atoms with van der Waals surface area (Å²) in [6.45, 7) is 10.5. The zero-order chi connectivity index (χ0) is 12.0. The highest BCUT2D eigenvalue weighted by Crippen LogP contribution is 2.31. The van der Waals surface area contributed by atoms with E-state index in [1.807, 2.05) is 6.08 Å². The van der Waals surface area contributed by atoms with Gasteiger partial charge in [0.1, 0.15) is 0 Å². The van der Waals surface area contributed by atoms with Crippen LogP contribution in [0.25, 0.3) is 0 Å². The molecule has 0 aliphatic heterocycles. The number of rotatable bonds is 3. The Morgan fingerprint density at radius 1 is 1.44 bits per heavy atom. The lowest BCUT2D eigenvalue weighted by Crippen LogP contribution is -2.15. The van der Waals surface area contributed by atoms with Gasteiger partial charge in [0.15, 0.2) is 0 Å². The normalized spacial score (nSPS) is 23.9. The largest absolute Gasteiger partial charge is 0.102 e. The molecule has 0 N–H and O–H groups in total. The summed E-state index contributed by atoms with van der Waals surface area (Å²) in [7, 11) is 0. The molecule has 0 nitrogen and oxygen atoms in total. The van der Waals surface area contributed by atoms with Gasteiger partial charge in [0.25, 0.3) is 0 Å². The van der Waals surface area contributed by atoms with E-state index in [2.05, 4.69) is 51.3 Å². The third kappa shape index (κ3) is 3.14. The Bertz CT molecular complexity index is 357. The van der Waals surface area contributed by atoms with Gasteiger partial charge in [-0.15, -0.1) is 6.58 Å². The van der Waals surface area contributed by atoms with Crippen molar-refractivity contribution >= 4 is 0 Å². The Labute approximate surface area is 100 Å². The summed E-state index contributed by atoms with van der Waals surface area (Å²) in [5.41, 5.74) is 2.65. The molecule has 16 heavy (non-hydrogen) atoms. The number of allylic oxidation sites excluding steroid dienone is 5. The van der Waals surface area contributed by atoms with Crippen LogP contribution in [0.4, 0.5) is 0 Å². The van der Waals surface area contributed by atoms with Crippen LogP contribution in [-0.4, -0.2) is 0 Å². The molecular weight excluding hydrogens is 192 g/mol. The second-order valence-corrected chi connectivity index (χ2v) is 4.49. The van der Waals surface area contributed by atoms with Crippen LogP contribution >= 0.6 is 0 Å². The van der Waals surface area contributed by atoms with Crippen molar-refractivity contribution in [1.82, 2.24) is 0 Å². The van der Waals surface area contributed by atoms with Gasteiger partial charge >= 0.3 is 0 Å². The standard InChI is InChI=1S/C16H22/c1-5-7-8-9-10-15-12-11-13(3)16(6-2)14(15)4/h6,11-12,14,16H,2,5,7-8H2,1,3-4H3/t14?,16-/m0/s1. The van der Waals surface area contributed by atoms with Gasteiger partial charge in [0.2, 0.25) is 0 Å². The van der Waals surface area contributed by atoms with Crippen molar-refractivity contribution in [3.63, 3.8) is 0 Å². The second kappa shape index (κ2) is 6.38. The Kier molecular flexibility index (Phi) is 5.12. The first-order valence-corrected chi connectivity index (χ1v) is 6.20. The van der Waals surface area contributed by atoms with E-state index in [1.54, 1.807) is 0 Å². The SMILES string of the molecule is C=C[C@H]1C(C)=CC=C(C#CCCCC)C1C. The van der Waals surface area contributed by atoms with E-state index >= 15 is 0 Å². The van der Waals surface area contributed by atoms with Gasteiger partial charge in [-0.25, -0.2) is 0 Å². The van der Waals surface area contributed by atoms with Gasteiger partial charge in [-0.05, 0) is 19.3 Å². The fraction of sp³-hybridized carbons (Fsp3) is 0.500. The summed E-state index contributed by atoms with van der Waals surface area (Å²) in [5.74, 6) is 7.52. The lowest BCUT2D eigenvalue weighted by Gasteiger charge is -2.25. The molecule has 1 aliphatic carbocycles. The molecule has 0 spiro atoms. The van der Waals surface area contributed by atoms with Crippen molar-refractivity contribution in [2.24, 2.45) is 11.8 Å². The minimum absolute atomic E-state index is 0.459. The summed E-state index contributed by atoms with van der Waals surface area (Å²) in [6, 6.07) is 0. The lowest BCUT2D eigenvalue weighted by atomic mass is 9.79. The van der Waals surface area contributed by atoms with Gasteiger partial charge in [0, 0.05) is 17.9 Å². The van der Waals surface area contributed by atoms with E-state index in [4.69, 9.17) is 0 Å². The molecule has 0 aromatic heterocycles. The molecule has 0 heteroatoms. The molecule has 0 saturated carbocycles. The van der Waals surface area contributed by atoms with Crippen LogP contribution in [0.1, 0.15) is 40.0 Å². The summed E-state index contributed by atoms with van der Waals surface area (Å²) < 4.78 is 0. The molecule has 0 aromatic rings. The predicted molar refractivity (Wildman–Crippen MR) is 72.0 cm³/mol. The van der Waals surface area contributed by atoms with E-state index in [-0.39, 0.29) is 0 Å².